The molecule has 1 saturated heterocycles. The summed E-state index contributed by atoms with van der Waals surface area (Å²) in [5, 5.41) is 11.9. The van der Waals surface area contributed by atoms with Crippen LogP contribution in [0.15, 0.2) is 0 Å². The van der Waals surface area contributed by atoms with Crippen LogP contribution in [0.25, 0.3) is 0 Å². The Morgan fingerprint density at radius 1 is 1.11 bits per heavy atom. The zero-order valence-corrected chi connectivity index (χ0v) is 10.7. The lowest BCUT2D eigenvalue weighted by atomic mass is 9.86. The summed E-state index contributed by atoms with van der Waals surface area (Å²) in [5.74, 6) is -0.980. The van der Waals surface area contributed by atoms with Crippen LogP contribution >= 0.6 is 0 Å². The third-order valence-corrected chi connectivity index (χ3v) is 3.95. The van der Waals surface area contributed by atoms with Crippen LogP contribution in [0.5, 0.6) is 0 Å². The second-order valence-corrected chi connectivity index (χ2v) is 5.41. The lowest BCUT2D eigenvalue weighted by molar-refractivity contribution is -0.143. The van der Waals surface area contributed by atoms with Crippen molar-refractivity contribution in [1.82, 2.24) is 5.32 Å². The SMILES string of the molecule is CC1CCC(C(=O)NC2CCC(C(=O)O)CC2)O1. The van der Waals surface area contributed by atoms with E-state index in [1.54, 1.807) is 0 Å². The molecule has 2 N–H and O–H groups in total. The average Bonchev–Trinajstić information content (AvgIpc) is 2.76. The first-order valence-corrected chi connectivity index (χ1v) is 6.75. The summed E-state index contributed by atoms with van der Waals surface area (Å²) in [5.41, 5.74) is 0. The van der Waals surface area contributed by atoms with Crippen molar-refractivity contribution in [2.45, 2.75) is 63.7 Å². The maximum absolute atomic E-state index is 11.9. The minimum Gasteiger partial charge on any atom is -0.481 e. The smallest absolute Gasteiger partial charge is 0.306 e. The number of carboxylic acids is 1. The predicted octanol–water partition coefficient (Wildman–Crippen LogP) is 1.31. The molecule has 0 radical (unpaired) electrons. The van der Waals surface area contributed by atoms with Gasteiger partial charge in [-0.1, -0.05) is 0 Å². The Balaban J connectivity index is 1.74. The summed E-state index contributed by atoms with van der Waals surface area (Å²) < 4.78 is 5.52. The van der Waals surface area contributed by atoms with E-state index >= 15 is 0 Å². The molecule has 2 unspecified atom stereocenters. The van der Waals surface area contributed by atoms with Gasteiger partial charge in [-0.25, -0.2) is 0 Å². The van der Waals surface area contributed by atoms with E-state index in [1.807, 2.05) is 6.92 Å². The first-order chi connectivity index (χ1) is 8.56. The Morgan fingerprint density at radius 2 is 1.78 bits per heavy atom. The van der Waals surface area contributed by atoms with E-state index in [2.05, 4.69) is 5.32 Å². The van der Waals surface area contributed by atoms with E-state index in [0.29, 0.717) is 12.8 Å². The Labute approximate surface area is 107 Å². The van der Waals surface area contributed by atoms with Crippen molar-refractivity contribution in [2.24, 2.45) is 5.92 Å². The van der Waals surface area contributed by atoms with Gasteiger partial charge in [0.1, 0.15) is 6.10 Å². The number of rotatable bonds is 3. The molecule has 1 amide bonds. The highest BCUT2D eigenvalue weighted by molar-refractivity contribution is 5.81. The van der Waals surface area contributed by atoms with Gasteiger partial charge in [-0.3, -0.25) is 9.59 Å². The highest BCUT2D eigenvalue weighted by atomic mass is 16.5. The van der Waals surface area contributed by atoms with E-state index < -0.39 is 5.97 Å². The van der Waals surface area contributed by atoms with E-state index in [1.165, 1.54) is 0 Å². The molecule has 102 valence electrons. The van der Waals surface area contributed by atoms with Gasteiger partial charge in [0, 0.05) is 6.04 Å². The summed E-state index contributed by atoms with van der Waals surface area (Å²) in [6.07, 6.45) is 4.41. The summed E-state index contributed by atoms with van der Waals surface area (Å²) in [4.78, 5) is 22.7. The lowest BCUT2D eigenvalue weighted by Crippen LogP contribution is -2.43. The summed E-state index contributed by atoms with van der Waals surface area (Å²) >= 11 is 0. The number of hydrogen-bond acceptors (Lipinski definition) is 3. The van der Waals surface area contributed by atoms with Crippen LogP contribution in [0.4, 0.5) is 0 Å². The molecule has 0 bridgehead atoms. The van der Waals surface area contributed by atoms with Gasteiger partial charge in [0.2, 0.25) is 5.91 Å². The predicted molar refractivity (Wildman–Crippen MR) is 65.1 cm³/mol. The largest absolute Gasteiger partial charge is 0.481 e. The topological polar surface area (TPSA) is 75.6 Å². The Kier molecular flexibility index (Phi) is 4.22. The number of nitrogens with one attached hydrogen (secondary N) is 1. The van der Waals surface area contributed by atoms with E-state index in [-0.39, 0.29) is 30.1 Å². The van der Waals surface area contributed by atoms with Crippen molar-refractivity contribution in [3.8, 4) is 0 Å². The average molecular weight is 255 g/mol. The van der Waals surface area contributed by atoms with Crippen LogP contribution in [0.2, 0.25) is 0 Å². The first kappa shape index (κ1) is 13.3. The molecule has 0 aromatic rings. The normalized spacial score (nSPS) is 36.3. The van der Waals surface area contributed by atoms with Gasteiger partial charge < -0.3 is 15.2 Å². The fourth-order valence-electron chi connectivity index (χ4n) is 2.77. The molecule has 0 aromatic carbocycles. The molecular formula is C13H21NO4. The Morgan fingerprint density at radius 3 is 2.28 bits per heavy atom. The Hall–Kier alpha value is -1.10. The minimum atomic E-state index is -0.715. The van der Waals surface area contributed by atoms with Crippen molar-refractivity contribution in [3.05, 3.63) is 0 Å². The number of aliphatic carboxylic acids is 1. The van der Waals surface area contributed by atoms with E-state index in [0.717, 1.165) is 25.7 Å². The van der Waals surface area contributed by atoms with Gasteiger partial charge in [-0.15, -0.1) is 0 Å². The quantitative estimate of drug-likeness (QED) is 0.797. The maximum atomic E-state index is 11.9. The molecule has 5 heteroatoms. The van der Waals surface area contributed by atoms with Gasteiger partial charge in [0.15, 0.2) is 0 Å². The van der Waals surface area contributed by atoms with Crippen LogP contribution in [-0.2, 0) is 14.3 Å². The minimum absolute atomic E-state index is 0.0295. The summed E-state index contributed by atoms with van der Waals surface area (Å²) in [6, 6.07) is 0.118. The molecule has 0 aromatic heterocycles. The summed E-state index contributed by atoms with van der Waals surface area (Å²) in [7, 11) is 0. The second-order valence-electron chi connectivity index (χ2n) is 5.41. The number of carbonyl (C=O) groups excluding carboxylic acids is 1. The van der Waals surface area contributed by atoms with Gasteiger partial charge in [0.25, 0.3) is 0 Å². The molecule has 1 saturated carbocycles. The third kappa shape index (κ3) is 3.22. The monoisotopic (exact) mass is 255 g/mol. The molecule has 1 aliphatic heterocycles. The molecule has 2 aliphatic rings. The zero-order valence-electron chi connectivity index (χ0n) is 10.7. The molecule has 0 spiro atoms. The fraction of sp³-hybridized carbons (Fsp3) is 0.846. The Bertz CT molecular complexity index is 323. The zero-order chi connectivity index (χ0) is 13.1. The van der Waals surface area contributed by atoms with Crippen molar-refractivity contribution in [1.29, 1.82) is 0 Å². The highest BCUT2D eigenvalue weighted by Gasteiger charge is 2.31. The van der Waals surface area contributed by atoms with Gasteiger partial charge in [0.05, 0.1) is 12.0 Å². The van der Waals surface area contributed by atoms with E-state index in [9.17, 15) is 9.59 Å². The van der Waals surface area contributed by atoms with Crippen molar-refractivity contribution in [2.75, 3.05) is 0 Å². The number of carboxylic acid groups (broad SMARTS) is 1. The van der Waals surface area contributed by atoms with Gasteiger partial charge in [-0.2, -0.15) is 0 Å². The molecule has 2 atom stereocenters. The van der Waals surface area contributed by atoms with Crippen LogP contribution in [0.1, 0.15) is 45.4 Å². The molecule has 2 rings (SSSR count). The second kappa shape index (κ2) is 5.69. The molecule has 1 aliphatic carbocycles. The van der Waals surface area contributed by atoms with Gasteiger partial charge in [-0.05, 0) is 45.4 Å². The van der Waals surface area contributed by atoms with Crippen LogP contribution in [0.3, 0.4) is 0 Å². The number of hydrogen-bond donors (Lipinski definition) is 2. The summed E-state index contributed by atoms with van der Waals surface area (Å²) in [6.45, 7) is 1.98. The molecule has 2 fully saturated rings. The van der Waals surface area contributed by atoms with Crippen LogP contribution in [0, 0.1) is 5.92 Å². The van der Waals surface area contributed by atoms with Crippen molar-refractivity contribution >= 4 is 11.9 Å². The van der Waals surface area contributed by atoms with E-state index in [4.69, 9.17) is 9.84 Å². The lowest BCUT2D eigenvalue weighted by Gasteiger charge is -2.27. The standard InChI is InChI=1S/C13H21NO4/c1-8-2-7-11(18-8)12(15)14-10-5-3-9(4-6-10)13(16)17/h8-11H,2-7H2,1H3,(H,14,15)(H,16,17). The number of ether oxygens (including phenoxy) is 1. The van der Waals surface area contributed by atoms with Crippen LogP contribution in [-0.4, -0.2) is 35.2 Å². The molecule has 18 heavy (non-hydrogen) atoms. The number of amides is 1. The fourth-order valence-corrected chi connectivity index (χ4v) is 2.77. The van der Waals surface area contributed by atoms with Gasteiger partial charge >= 0.3 is 5.97 Å². The highest BCUT2D eigenvalue weighted by Crippen LogP contribution is 2.25. The number of carbonyl (C=O) groups is 2. The van der Waals surface area contributed by atoms with Crippen molar-refractivity contribution in [3.63, 3.8) is 0 Å². The first-order valence-electron chi connectivity index (χ1n) is 6.75. The van der Waals surface area contributed by atoms with Crippen molar-refractivity contribution < 1.29 is 19.4 Å². The third-order valence-electron chi connectivity index (χ3n) is 3.95. The molecule has 5 nitrogen and oxygen atoms in total. The molecule has 1 heterocycles. The maximum Gasteiger partial charge on any atom is 0.306 e. The molecular weight excluding hydrogens is 234 g/mol. The van der Waals surface area contributed by atoms with Crippen LogP contribution < -0.4 is 5.32 Å².